The molecule has 4 rings (SSSR count). The highest BCUT2D eigenvalue weighted by molar-refractivity contribution is 6.31. The van der Waals surface area contributed by atoms with Gasteiger partial charge in [-0.3, -0.25) is 0 Å². The quantitative estimate of drug-likeness (QED) is 0.470. The predicted molar refractivity (Wildman–Crippen MR) is 111 cm³/mol. The molecule has 0 aliphatic heterocycles. The van der Waals surface area contributed by atoms with Gasteiger partial charge in [0, 0.05) is 16.0 Å². The summed E-state index contributed by atoms with van der Waals surface area (Å²) >= 11 is 6.02. The summed E-state index contributed by atoms with van der Waals surface area (Å²) < 4.78 is 5.19. The van der Waals surface area contributed by atoms with E-state index in [2.05, 4.69) is 4.98 Å². The molecule has 4 aromatic rings. The molecule has 0 saturated heterocycles. The summed E-state index contributed by atoms with van der Waals surface area (Å²) in [5, 5.41) is 10.6. The van der Waals surface area contributed by atoms with Crippen LogP contribution in [0.15, 0.2) is 72.8 Å². The third-order valence-corrected chi connectivity index (χ3v) is 4.84. The van der Waals surface area contributed by atoms with Crippen LogP contribution in [0.3, 0.4) is 0 Å². The van der Waals surface area contributed by atoms with Crippen molar-refractivity contribution in [2.75, 3.05) is 7.11 Å². The number of ether oxygens (including phenoxy) is 1. The number of halogens is 1. The molecule has 0 radical (unpaired) electrons. The number of aromatic nitrogens is 1. The summed E-state index contributed by atoms with van der Waals surface area (Å²) in [6, 6.07) is 22.3. The fourth-order valence-corrected chi connectivity index (χ4v) is 3.31. The Kier molecular flexibility index (Phi) is 4.72. The van der Waals surface area contributed by atoms with Crippen molar-refractivity contribution < 1.29 is 14.6 Å². The second-order valence-electron chi connectivity index (χ2n) is 6.33. The van der Waals surface area contributed by atoms with E-state index >= 15 is 0 Å². The Morgan fingerprint density at radius 3 is 2.11 bits per heavy atom. The SMILES string of the molecule is COc1ccc(-c2ccc(-c3cc(C(=O)O)c4cc(Cl)ccc4n3)cc2)cc1. The van der Waals surface area contributed by atoms with Gasteiger partial charge in [0.2, 0.25) is 0 Å². The van der Waals surface area contributed by atoms with E-state index in [-0.39, 0.29) is 5.56 Å². The molecule has 0 fully saturated rings. The molecule has 1 aromatic heterocycles. The van der Waals surface area contributed by atoms with Crippen LogP contribution in [0, 0.1) is 0 Å². The van der Waals surface area contributed by atoms with Crippen LogP contribution >= 0.6 is 11.6 Å². The Morgan fingerprint density at radius 1 is 0.893 bits per heavy atom. The summed E-state index contributed by atoms with van der Waals surface area (Å²) in [7, 11) is 1.64. The smallest absolute Gasteiger partial charge is 0.336 e. The largest absolute Gasteiger partial charge is 0.497 e. The van der Waals surface area contributed by atoms with Crippen LogP contribution in [-0.4, -0.2) is 23.2 Å². The minimum absolute atomic E-state index is 0.182. The number of carbonyl (C=O) groups is 1. The van der Waals surface area contributed by atoms with Crippen LogP contribution in [0.2, 0.25) is 5.02 Å². The van der Waals surface area contributed by atoms with Gasteiger partial charge in [0.25, 0.3) is 0 Å². The van der Waals surface area contributed by atoms with Crippen molar-refractivity contribution in [1.82, 2.24) is 4.98 Å². The van der Waals surface area contributed by atoms with E-state index in [1.165, 1.54) is 0 Å². The summed E-state index contributed by atoms with van der Waals surface area (Å²) in [4.78, 5) is 16.3. The molecule has 0 amide bonds. The Labute approximate surface area is 167 Å². The monoisotopic (exact) mass is 389 g/mol. The van der Waals surface area contributed by atoms with Gasteiger partial charge in [-0.25, -0.2) is 9.78 Å². The van der Waals surface area contributed by atoms with E-state index in [1.54, 1.807) is 31.4 Å². The maximum atomic E-state index is 11.7. The van der Waals surface area contributed by atoms with Gasteiger partial charge in [-0.1, -0.05) is 48.0 Å². The first-order chi connectivity index (χ1) is 13.5. The van der Waals surface area contributed by atoms with Crippen molar-refractivity contribution in [3.63, 3.8) is 0 Å². The Bertz CT molecular complexity index is 1170. The molecule has 1 N–H and O–H groups in total. The van der Waals surface area contributed by atoms with Gasteiger partial charge in [-0.05, 0) is 47.5 Å². The number of fused-ring (bicyclic) bond motifs is 1. The predicted octanol–water partition coefficient (Wildman–Crippen LogP) is 5.93. The molecule has 5 heteroatoms. The van der Waals surface area contributed by atoms with Gasteiger partial charge in [-0.15, -0.1) is 0 Å². The second-order valence-corrected chi connectivity index (χ2v) is 6.76. The molecule has 3 aromatic carbocycles. The van der Waals surface area contributed by atoms with Crippen molar-refractivity contribution in [3.05, 3.63) is 83.4 Å². The number of nitrogens with zero attached hydrogens (tertiary/aromatic N) is 1. The van der Waals surface area contributed by atoms with Crippen LogP contribution in [0.4, 0.5) is 0 Å². The van der Waals surface area contributed by atoms with Gasteiger partial charge in [0.05, 0.1) is 23.9 Å². The minimum atomic E-state index is -1.01. The number of methoxy groups -OCH3 is 1. The molecule has 0 bridgehead atoms. The third kappa shape index (κ3) is 3.42. The summed E-state index contributed by atoms with van der Waals surface area (Å²) in [6.45, 7) is 0. The first-order valence-corrected chi connectivity index (χ1v) is 9.01. The highest BCUT2D eigenvalue weighted by atomic mass is 35.5. The lowest BCUT2D eigenvalue weighted by Crippen LogP contribution is -2.00. The van der Waals surface area contributed by atoms with E-state index in [9.17, 15) is 9.90 Å². The van der Waals surface area contributed by atoms with E-state index in [0.29, 0.717) is 21.6 Å². The zero-order chi connectivity index (χ0) is 19.7. The number of hydrogen-bond donors (Lipinski definition) is 1. The van der Waals surface area contributed by atoms with Gasteiger partial charge in [0.1, 0.15) is 5.75 Å². The van der Waals surface area contributed by atoms with Crippen molar-refractivity contribution in [2.45, 2.75) is 0 Å². The first kappa shape index (κ1) is 18.0. The molecule has 0 aliphatic rings. The standard InChI is InChI=1S/C23H16ClNO3/c1-28-18-9-6-15(7-10-18)14-2-4-16(5-3-14)22-13-20(23(26)27)19-12-17(24)8-11-21(19)25-22/h2-13H,1H3,(H,26,27). The molecule has 0 atom stereocenters. The lowest BCUT2D eigenvalue weighted by Gasteiger charge is -2.09. The Morgan fingerprint density at radius 2 is 1.50 bits per heavy atom. The molecule has 0 aliphatic carbocycles. The van der Waals surface area contributed by atoms with E-state index < -0.39 is 5.97 Å². The molecule has 138 valence electrons. The van der Waals surface area contributed by atoms with Crippen molar-refractivity contribution in [3.8, 4) is 28.1 Å². The van der Waals surface area contributed by atoms with Gasteiger partial charge in [0.15, 0.2) is 0 Å². The zero-order valence-electron chi connectivity index (χ0n) is 15.0. The highest BCUT2D eigenvalue weighted by Gasteiger charge is 2.13. The summed E-state index contributed by atoms with van der Waals surface area (Å²) in [5.74, 6) is -0.201. The van der Waals surface area contributed by atoms with Crippen LogP contribution in [0.25, 0.3) is 33.3 Å². The minimum Gasteiger partial charge on any atom is -0.497 e. The summed E-state index contributed by atoms with van der Waals surface area (Å²) in [6.07, 6.45) is 0. The fourth-order valence-electron chi connectivity index (χ4n) is 3.14. The normalized spacial score (nSPS) is 10.8. The topological polar surface area (TPSA) is 59.4 Å². The number of aromatic carboxylic acids is 1. The molecule has 0 spiro atoms. The number of benzene rings is 3. The van der Waals surface area contributed by atoms with E-state index in [4.69, 9.17) is 16.3 Å². The third-order valence-electron chi connectivity index (χ3n) is 4.61. The van der Waals surface area contributed by atoms with Crippen LogP contribution < -0.4 is 4.74 Å². The Hall–Kier alpha value is -3.37. The number of pyridine rings is 1. The average Bonchev–Trinajstić information content (AvgIpc) is 2.73. The maximum absolute atomic E-state index is 11.7. The van der Waals surface area contributed by atoms with E-state index in [0.717, 1.165) is 22.4 Å². The lowest BCUT2D eigenvalue weighted by molar-refractivity contribution is 0.0699. The van der Waals surface area contributed by atoms with Crippen LogP contribution in [0.5, 0.6) is 5.75 Å². The van der Waals surface area contributed by atoms with Gasteiger partial charge >= 0.3 is 5.97 Å². The highest BCUT2D eigenvalue weighted by Crippen LogP contribution is 2.29. The fraction of sp³-hybridized carbons (Fsp3) is 0.0435. The number of carboxylic acid groups (broad SMARTS) is 1. The molecular formula is C23H16ClNO3. The van der Waals surface area contributed by atoms with Crippen LogP contribution in [0.1, 0.15) is 10.4 Å². The van der Waals surface area contributed by atoms with Gasteiger partial charge in [-0.2, -0.15) is 0 Å². The zero-order valence-corrected chi connectivity index (χ0v) is 15.8. The first-order valence-electron chi connectivity index (χ1n) is 8.63. The molecule has 4 nitrogen and oxygen atoms in total. The second kappa shape index (κ2) is 7.33. The van der Waals surface area contributed by atoms with Crippen molar-refractivity contribution >= 4 is 28.5 Å². The number of carboxylic acids is 1. The molecule has 1 heterocycles. The average molecular weight is 390 g/mol. The number of rotatable bonds is 4. The maximum Gasteiger partial charge on any atom is 0.336 e. The molecular weight excluding hydrogens is 374 g/mol. The van der Waals surface area contributed by atoms with Crippen LogP contribution in [-0.2, 0) is 0 Å². The lowest BCUT2D eigenvalue weighted by atomic mass is 10.0. The molecule has 0 saturated carbocycles. The number of hydrogen-bond acceptors (Lipinski definition) is 3. The molecule has 28 heavy (non-hydrogen) atoms. The molecule has 0 unspecified atom stereocenters. The van der Waals surface area contributed by atoms with Gasteiger partial charge < -0.3 is 9.84 Å². The van der Waals surface area contributed by atoms with E-state index in [1.807, 2.05) is 48.5 Å². The summed E-state index contributed by atoms with van der Waals surface area (Å²) in [5.41, 5.74) is 4.35. The Balaban J connectivity index is 1.75. The van der Waals surface area contributed by atoms with Crippen molar-refractivity contribution in [2.24, 2.45) is 0 Å². The van der Waals surface area contributed by atoms with Crippen molar-refractivity contribution in [1.29, 1.82) is 0 Å².